The van der Waals surface area contributed by atoms with Crippen LogP contribution in [0.15, 0.2) is 77.7 Å². The van der Waals surface area contributed by atoms with Crippen molar-refractivity contribution < 1.29 is 22.7 Å². The molecule has 2 N–H and O–H groups in total. The maximum atomic E-state index is 12.6. The van der Waals surface area contributed by atoms with Gasteiger partial charge >= 0.3 is 0 Å². The van der Waals surface area contributed by atoms with Crippen molar-refractivity contribution in [3.8, 4) is 11.5 Å². The van der Waals surface area contributed by atoms with Gasteiger partial charge in [-0.15, -0.1) is 0 Å². The number of aryl methyl sites for hydroxylation is 1. The normalized spacial score (nSPS) is 10.9. The summed E-state index contributed by atoms with van der Waals surface area (Å²) in [5.41, 5.74) is 1.81. The van der Waals surface area contributed by atoms with E-state index in [1.165, 1.54) is 12.1 Å². The van der Waals surface area contributed by atoms with E-state index in [1.807, 2.05) is 38.1 Å². The summed E-state index contributed by atoms with van der Waals surface area (Å²) in [6.45, 7) is 5.01. The van der Waals surface area contributed by atoms with E-state index >= 15 is 0 Å². The quantitative estimate of drug-likeness (QED) is 0.452. The van der Waals surface area contributed by atoms with Gasteiger partial charge in [-0.05, 0) is 74.0 Å². The van der Waals surface area contributed by atoms with Crippen molar-refractivity contribution in [3.05, 3.63) is 83.9 Å². The third-order valence-electron chi connectivity index (χ3n) is 4.58. The van der Waals surface area contributed by atoms with Crippen LogP contribution in [0.5, 0.6) is 11.5 Å². The Morgan fingerprint density at radius 1 is 0.906 bits per heavy atom. The van der Waals surface area contributed by atoms with Gasteiger partial charge in [-0.25, -0.2) is 8.42 Å². The number of amides is 1. The Morgan fingerprint density at radius 2 is 1.59 bits per heavy atom. The predicted molar refractivity (Wildman–Crippen MR) is 124 cm³/mol. The SMILES string of the molecule is CCOc1ccc(S(=O)(=O)Nc2ccc(C(=O)NCCOc3ccccc3C)cc2)cc1. The molecule has 8 heteroatoms. The molecule has 0 bridgehead atoms. The van der Waals surface area contributed by atoms with Gasteiger partial charge in [-0.1, -0.05) is 18.2 Å². The van der Waals surface area contributed by atoms with Crippen molar-refractivity contribution in [3.63, 3.8) is 0 Å². The van der Waals surface area contributed by atoms with Crippen molar-refractivity contribution in [2.75, 3.05) is 24.5 Å². The largest absolute Gasteiger partial charge is 0.494 e. The molecule has 0 aliphatic carbocycles. The summed E-state index contributed by atoms with van der Waals surface area (Å²) < 4.78 is 38.6. The summed E-state index contributed by atoms with van der Waals surface area (Å²) >= 11 is 0. The number of hydrogen-bond acceptors (Lipinski definition) is 5. The maximum absolute atomic E-state index is 12.6. The van der Waals surface area contributed by atoms with Crippen LogP contribution in [-0.4, -0.2) is 34.1 Å². The molecule has 0 heterocycles. The van der Waals surface area contributed by atoms with E-state index in [4.69, 9.17) is 9.47 Å². The summed E-state index contributed by atoms with van der Waals surface area (Å²) in [5, 5.41) is 2.78. The molecule has 0 spiro atoms. The number of ether oxygens (including phenoxy) is 2. The molecule has 3 rings (SSSR count). The second kappa shape index (κ2) is 10.7. The van der Waals surface area contributed by atoms with Gasteiger partial charge in [-0.3, -0.25) is 9.52 Å². The van der Waals surface area contributed by atoms with Gasteiger partial charge in [0.05, 0.1) is 18.0 Å². The summed E-state index contributed by atoms with van der Waals surface area (Å²) in [6.07, 6.45) is 0. The van der Waals surface area contributed by atoms with E-state index in [2.05, 4.69) is 10.0 Å². The molecular formula is C24H26N2O5S. The van der Waals surface area contributed by atoms with E-state index < -0.39 is 10.0 Å². The molecule has 3 aromatic rings. The Labute approximate surface area is 188 Å². The maximum Gasteiger partial charge on any atom is 0.261 e. The molecule has 0 radical (unpaired) electrons. The minimum absolute atomic E-state index is 0.122. The molecule has 0 aliphatic heterocycles. The number of anilines is 1. The fourth-order valence-corrected chi connectivity index (χ4v) is 3.99. The number of hydrogen-bond donors (Lipinski definition) is 2. The van der Waals surface area contributed by atoms with Crippen molar-refractivity contribution >= 4 is 21.6 Å². The summed E-state index contributed by atoms with van der Waals surface area (Å²) in [6, 6.07) is 20.1. The number of benzene rings is 3. The molecule has 3 aromatic carbocycles. The van der Waals surface area contributed by atoms with Crippen LogP contribution in [0.25, 0.3) is 0 Å². The predicted octanol–water partition coefficient (Wildman–Crippen LogP) is 4.00. The summed E-state index contributed by atoms with van der Waals surface area (Å²) in [5.74, 6) is 1.12. The standard InChI is InChI=1S/C24H26N2O5S/c1-3-30-21-12-14-22(15-13-21)32(28,29)26-20-10-8-19(9-11-20)24(27)25-16-17-31-23-7-5-4-6-18(23)2/h4-15,26H,3,16-17H2,1-2H3,(H,25,27). The zero-order valence-corrected chi connectivity index (χ0v) is 18.8. The van der Waals surface area contributed by atoms with Crippen LogP contribution in [0.3, 0.4) is 0 Å². The highest BCUT2D eigenvalue weighted by atomic mass is 32.2. The van der Waals surface area contributed by atoms with E-state index in [1.54, 1.807) is 36.4 Å². The van der Waals surface area contributed by atoms with Crippen molar-refractivity contribution in [1.82, 2.24) is 5.32 Å². The summed E-state index contributed by atoms with van der Waals surface area (Å²) in [4.78, 5) is 12.4. The first-order valence-corrected chi connectivity index (χ1v) is 11.7. The van der Waals surface area contributed by atoms with E-state index in [0.29, 0.717) is 36.8 Å². The average molecular weight is 455 g/mol. The van der Waals surface area contributed by atoms with Crippen molar-refractivity contribution in [1.29, 1.82) is 0 Å². The lowest BCUT2D eigenvalue weighted by Crippen LogP contribution is -2.28. The van der Waals surface area contributed by atoms with Gasteiger partial charge in [-0.2, -0.15) is 0 Å². The minimum Gasteiger partial charge on any atom is -0.494 e. The second-order valence-electron chi connectivity index (χ2n) is 6.96. The Hall–Kier alpha value is -3.52. The fraction of sp³-hybridized carbons (Fsp3) is 0.208. The van der Waals surface area contributed by atoms with Crippen LogP contribution < -0.4 is 19.5 Å². The van der Waals surface area contributed by atoms with Gasteiger partial charge in [0.25, 0.3) is 15.9 Å². The van der Waals surface area contributed by atoms with Crippen LogP contribution in [0.2, 0.25) is 0 Å². The Bertz CT molecular complexity index is 1140. The first kappa shape index (κ1) is 23.1. The Kier molecular flexibility index (Phi) is 7.72. The molecule has 7 nitrogen and oxygen atoms in total. The number of rotatable bonds is 10. The molecule has 168 valence electrons. The number of sulfonamides is 1. The molecule has 0 unspecified atom stereocenters. The third-order valence-corrected chi connectivity index (χ3v) is 5.98. The monoisotopic (exact) mass is 454 g/mol. The second-order valence-corrected chi connectivity index (χ2v) is 8.64. The zero-order chi connectivity index (χ0) is 23.0. The molecule has 32 heavy (non-hydrogen) atoms. The Balaban J connectivity index is 1.52. The molecule has 0 saturated heterocycles. The first-order chi connectivity index (χ1) is 15.4. The number of carbonyl (C=O) groups excluding carboxylic acids is 1. The molecule has 0 fully saturated rings. The molecule has 0 atom stereocenters. The lowest BCUT2D eigenvalue weighted by molar-refractivity contribution is 0.0947. The van der Waals surface area contributed by atoms with E-state index in [-0.39, 0.29) is 10.8 Å². The lowest BCUT2D eigenvalue weighted by Gasteiger charge is -2.11. The topological polar surface area (TPSA) is 93.7 Å². The summed E-state index contributed by atoms with van der Waals surface area (Å²) in [7, 11) is -3.75. The third kappa shape index (κ3) is 6.24. The highest BCUT2D eigenvalue weighted by Crippen LogP contribution is 2.20. The van der Waals surface area contributed by atoms with Crippen LogP contribution in [0.1, 0.15) is 22.8 Å². The van der Waals surface area contributed by atoms with Crippen LogP contribution in [0.4, 0.5) is 5.69 Å². The van der Waals surface area contributed by atoms with Gasteiger partial charge < -0.3 is 14.8 Å². The van der Waals surface area contributed by atoms with Gasteiger partial charge in [0.2, 0.25) is 0 Å². The molecule has 0 saturated carbocycles. The molecule has 0 aliphatic rings. The van der Waals surface area contributed by atoms with Crippen LogP contribution in [-0.2, 0) is 10.0 Å². The van der Waals surface area contributed by atoms with Gasteiger partial charge in [0.15, 0.2) is 0 Å². The average Bonchev–Trinajstić information content (AvgIpc) is 2.78. The minimum atomic E-state index is -3.75. The molecule has 1 amide bonds. The molecule has 0 aromatic heterocycles. The van der Waals surface area contributed by atoms with Crippen LogP contribution >= 0.6 is 0 Å². The van der Waals surface area contributed by atoms with Crippen molar-refractivity contribution in [2.45, 2.75) is 18.7 Å². The number of nitrogens with one attached hydrogen (secondary N) is 2. The smallest absolute Gasteiger partial charge is 0.261 e. The van der Waals surface area contributed by atoms with E-state index in [9.17, 15) is 13.2 Å². The Morgan fingerprint density at radius 3 is 2.25 bits per heavy atom. The number of carbonyl (C=O) groups is 1. The highest BCUT2D eigenvalue weighted by molar-refractivity contribution is 7.92. The highest BCUT2D eigenvalue weighted by Gasteiger charge is 2.15. The van der Waals surface area contributed by atoms with Crippen molar-refractivity contribution in [2.24, 2.45) is 0 Å². The fourth-order valence-electron chi connectivity index (χ4n) is 2.93. The number of para-hydroxylation sites is 1. The molecular weight excluding hydrogens is 428 g/mol. The first-order valence-electron chi connectivity index (χ1n) is 10.2. The lowest BCUT2D eigenvalue weighted by atomic mass is 10.2. The van der Waals surface area contributed by atoms with E-state index in [0.717, 1.165) is 11.3 Å². The van der Waals surface area contributed by atoms with Gasteiger partial charge in [0, 0.05) is 11.3 Å². The van der Waals surface area contributed by atoms with Crippen LogP contribution in [0, 0.1) is 6.92 Å². The zero-order valence-electron chi connectivity index (χ0n) is 18.0. The van der Waals surface area contributed by atoms with Gasteiger partial charge in [0.1, 0.15) is 18.1 Å².